The van der Waals surface area contributed by atoms with E-state index < -0.39 is 6.04 Å². The molecule has 88 valence electrons. The summed E-state index contributed by atoms with van der Waals surface area (Å²) in [5.74, 6) is 0.00264. The molecular formula is C10H20N2O3. The van der Waals surface area contributed by atoms with Crippen LogP contribution in [0.4, 0.5) is 0 Å². The van der Waals surface area contributed by atoms with Crippen molar-refractivity contribution in [3.63, 3.8) is 0 Å². The number of rotatable bonds is 4. The quantitative estimate of drug-likeness (QED) is 0.694. The summed E-state index contributed by atoms with van der Waals surface area (Å²) in [6.45, 7) is 4.34. The predicted molar refractivity (Wildman–Crippen MR) is 56.5 cm³/mol. The number of amides is 1. The molecule has 1 fully saturated rings. The van der Waals surface area contributed by atoms with Crippen LogP contribution in [0, 0.1) is 0 Å². The minimum absolute atomic E-state index is 0.00264. The lowest BCUT2D eigenvalue weighted by Gasteiger charge is -2.34. The van der Waals surface area contributed by atoms with E-state index in [1.807, 2.05) is 6.92 Å². The van der Waals surface area contributed by atoms with Crippen molar-refractivity contribution in [1.29, 1.82) is 0 Å². The van der Waals surface area contributed by atoms with Crippen LogP contribution in [0.5, 0.6) is 0 Å². The Kier molecular flexibility index (Phi) is 5.01. The Morgan fingerprint density at radius 1 is 1.73 bits per heavy atom. The van der Waals surface area contributed by atoms with Crippen molar-refractivity contribution >= 4 is 5.91 Å². The van der Waals surface area contributed by atoms with E-state index in [4.69, 9.17) is 15.2 Å². The molecule has 0 saturated carbocycles. The third-order valence-corrected chi connectivity index (χ3v) is 2.60. The van der Waals surface area contributed by atoms with Crippen LogP contribution in [0.2, 0.25) is 0 Å². The summed E-state index contributed by atoms with van der Waals surface area (Å²) in [6.07, 6.45) is 0.569. The molecule has 1 aliphatic heterocycles. The predicted octanol–water partition coefficient (Wildman–Crippen LogP) is -0.402. The van der Waals surface area contributed by atoms with Gasteiger partial charge >= 0.3 is 0 Å². The molecule has 1 saturated heterocycles. The molecule has 1 amide bonds. The minimum Gasteiger partial charge on any atom is -0.385 e. The van der Waals surface area contributed by atoms with Crippen molar-refractivity contribution in [2.45, 2.75) is 25.4 Å². The van der Waals surface area contributed by atoms with Crippen LogP contribution in [0.1, 0.15) is 13.3 Å². The Hall–Kier alpha value is -0.650. The zero-order valence-electron chi connectivity index (χ0n) is 9.44. The number of hydrogen-bond donors (Lipinski definition) is 1. The first-order valence-corrected chi connectivity index (χ1v) is 5.29. The minimum atomic E-state index is -0.453. The lowest BCUT2D eigenvalue weighted by atomic mass is 10.1. The van der Waals surface area contributed by atoms with Gasteiger partial charge in [-0.05, 0) is 13.3 Å². The fraction of sp³-hybridized carbons (Fsp3) is 0.900. The summed E-state index contributed by atoms with van der Waals surface area (Å²) in [4.78, 5) is 13.7. The van der Waals surface area contributed by atoms with Gasteiger partial charge in [0.05, 0.1) is 25.3 Å². The average Bonchev–Trinajstić information content (AvgIpc) is 2.25. The smallest absolute Gasteiger partial charge is 0.239 e. The van der Waals surface area contributed by atoms with Gasteiger partial charge in [0, 0.05) is 20.3 Å². The van der Waals surface area contributed by atoms with Crippen LogP contribution in [0.25, 0.3) is 0 Å². The number of hydrogen-bond acceptors (Lipinski definition) is 4. The van der Waals surface area contributed by atoms with Crippen LogP contribution in [0.15, 0.2) is 0 Å². The highest BCUT2D eigenvalue weighted by molar-refractivity contribution is 5.82. The zero-order chi connectivity index (χ0) is 11.3. The largest absolute Gasteiger partial charge is 0.385 e. The molecule has 5 nitrogen and oxygen atoms in total. The molecule has 0 aliphatic carbocycles. The van der Waals surface area contributed by atoms with Crippen molar-refractivity contribution in [3.05, 3.63) is 0 Å². The van der Waals surface area contributed by atoms with Gasteiger partial charge in [-0.3, -0.25) is 4.79 Å². The fourth-order valence-corrected chi connectivity index (χ4v) is 1.64. The van der Waals surface area contributed by atoms with E-state index in [1.165, 1.54) is 0 Å². The van der Waals surface area contributed by atoms with E-state index in [0.717, 1.165) is 0 Å². The van der Waals surface area contributed by atoms with Crippen LogP contribution in [-0.2, 0) is 14.3 Å². The van der Waals surface area contributed by atoms with E-state index >= 15 is 0 Å². The van der Waals surface area contributed by atoms with Crippen LogP contribution in [-0.4, -0.2) is 56.4 Å². The van der Waals surface area contributed by atoms with E-state index in [9.17, 15) is 4.79 Å². The normalized spacial score (nSPS) is 23.9. The highest BCUT2D eigenvalue weighted by Crippen LogP contribution is 2.08. The van der Waals surface area contributed by atoms with Gasteiger partial charge in [0.1, 0.15) is 0 Å². The number of methoxy groups -OCH3 is 1. The maximum Gasteiger partial charge on any atom is 0.239 e. The summed E-state index contributed by atoms with van der Waals surface area (Å²) in [7, 11) is 1.61. The molecule has 0 radical (unpaired) electrons. The molecule has 1 aliphatic rings. The molecule has 0 aromatic rings. The maximum atomic E-state index is 11.9. The summed E-state index contributed by atoms with van der Waals surface area (Å²) < 4.78 is 10.2. The van der Waals surface area contributed by atoms with Gasteiger partial charge in [0.15, 0.2) is 0 Å². The highest BCUT2D eigenvalue weighted by Gasteiger charge is 2.27. The lowest BCUT2D eigenvalue weighted by molar-refractivity contribution is -0.140. The molecule has 2 N–H and O–H groups in total. The third kappa shape index (κ3) is 3.44. The number of carbonyl (C=O) groups is 1. The molecule has 0 spiro atoms. The van der Waals surface area contributed by atoms with Crippen molar-refractivity contribution in [1.82, 2.24) is 4.90 Å². The first kappa shape index (κ1) is 12.4. The molecule has 2 unspecified atom stereocenters. The first-order chi connectivity index (χ1) is 7.16. The molecule has 2 atom stereocenters. The van der Waals surface area contributed by atoms with Gasteiger partial charge < -0.3 is 20.1 Å². The Labute approximate surface area is 90.5 Å². The second-order valence-corrected chi connectivity index (χ2v) is 3.84. The Morgan fingerprint density at radius 3 is 3.07 bits per heavy atom. The molecule has 0 aromatic heterocycles. The van der Waals surface area contributed by atoms with Gasteiger partial charge in [-0.2, -0.15) is 0 Å². The van der Waals surface area contributed by atoms with Crippen molar-refractivity contribution in [2.24, 2.45) is 5.73 Å². The molecule has 15 heavy (non-hydrogen) atoms. The van der Waals surface area contributed by atoms with Crippen molar-refractivity contribution in [2.75, 3.05) is 33.5 Å². The van der Waals surface area contributed by atoms with E-state index in [2.05, 4.69) is 0 Å². The number of ether oxygens (including phenoxy) is 2. The molecule has 1 rings (SSSR count). The van der Waals surface area contributed by atoms with Crippen molar-refractivity contribution in [3.8, 4) is 0 Å². The topological polar surface area (TPSA) is 64.8 Å². The van der Waals surface area contributed by atoms with Gasteiger partial charge in [-0.15, -0.1) is 0 Å². The van der Waals surface area contributed by atoms with Crippen molar-refractivity contribution < 1.29 is 14.3 Å². The van der Waals surface area contributed by atoms with Crippen LogP contribution in [0.3, 0.4) is 0 Å². The number of nitrogens with two attached hydrogens (primary N) is 1. The van der Waals surface area contributed by atoms with Crippen LogP contribution >= 0.6 is 0 Å². The summed E-state index contributed by atoms with van der Waals surface area (Å²) >= 11 is 0. The second-order valence-electron chi connectivity index (χ2n) is 3.84. The number of nitrogens with zero attached hydrogens (tertiary/aromatic N) is 1. The molecule has 5 heteroatoms. The van der Waals surface area contributed by atoms with Gasteiger partial charge in [0.25, 0.3) is 0 Å². The summed E-state index contributed by atoms with van der Waals surface area (Å²) in [5.41, 5.74) is 5.78. The zero-order valence-corrected chi connectivity index (χ0v) is 9.44. The first-order valence-electron chi connectivity index (χ1n) is 5.29. The van der Waals surface area contributed by atoms with E-state index in [1.54, 1.807) is 12.0 Å². The Morgan fingerprint density at radius 2 is 2.47 bits per heavy atom. The number of morpholine rings is 1. The second kappa shape index (κ2) is 6.05. The monoisotopic (exact) mass is 216 g/mol. The van der Waals surface area contributed by atoms with Crippen LogP contribution < -0.4 is 5.73 Å². The lowest BCUT2D eigenvalue weighted by Crippen LogP contribution is -2.53. The molecule has 0 aromatic carbocycles. The summed E-state index contributed by atoms with van der Waals surface area (Å²) in [5, 5.41) is 0. The Bertz CT molecular complexity index is 211. The molecule has 1 heterocycles. The standard InChI is InChI=1S/C10H20N2O3/c1-8-7-15-6-4-12(8)10(13)9(11)3-5-14-2/h8-9H,3-7,11H2,1-2H3. The van der Waals surface area contributed by atoms with Gasteiger partial charge in [-0.25, -0.2) is 0 Å². The maximum absolute atomic E-state index is 11.9. The van der Waals surface area contributed by atoms with Gasteiger partial charge in [-0.1, -0.05) is 0 Å². The SMILES string of the molecule is COCCC(N)C(=O)N1CCOCC1C. The van der Waals surface area contributed by atoms with Gasteiger partial charge in [0.2, 0.25) is 5.91 Å². The summed E-state index contributed by atoms with van der Waals surface area (Å²) in [6, 6.07) is -0.328. The molecular weight excluding hydrogens is 196 g/mol. The Balaban J connectivity index is 2.43. The number of carbonyl (C=O) groups excluding carboxylic acids is 1. The van der Waals surface area contributed by atoms with E-state index in [-0.39, 0.29) is 11.9 Å². The molecule has 0 bridgehead atoms. The fourth-order valence-electron chi connectivity index (χ4n) is 1.64. The highest BCUT2D eigenvalue weighted by atomic mass is 16.5. The average molecular weight is 216 g/mol. The van der Waals surface area contributed by atoms with E-state index in [0.29, 0.717) is 32.8 Å². The third-order valence-electron chi connectivity index (χ3n) is 2.60.